The largest absolute Gasteiger partial charge is 0.336 e. The zero-order valence-corrected chi connectivity index (χ0v) is 22.4. The van der Waals surface area contributed by atoms with Crippen molar-refractivity contribution >= 4 is 43.6 Å². The highest BCUT2D eigenvalue weighted by atomic mass is 15.0. The third-order valence-corrected chi connectivity index (χ3v) is 8.46. The van der Waals surface area contributed by atoms with Gasteiger partial charge in [0.15, 0.2) is 0 Å². The zero-order chi connectivity index (χ0) is 26.5. The van der Waals surface area contributed by atoms with Gasteiger partial charge in [-0.2, -0.15) is 0 Å². The number of hydrogen-bond donors (Lipinski definition) is 0. The Hall–Kier alpha value is -4.82. The van der Waals surface area contributed by atoms with Crippen LogP contribution in [0.5, 0.6) is 0 Å². The molecule has 2 nitrogen and oxygen atoms in total. The van der Waals surface area contributed by atoms with E-state index in [1.54, 1.807) is 0 Å². The van der Waals surface area contributed by atoms with Crippen molar-refractivity contribution in [2.75, 3.05) is 0 Å². The maximum atomic E-state index is 2.49. The van der Waals surface area contributed by atoms with Crippen LogP contribution in [0, 0.1) is 0 Å². The van der Waals surface area contributed by atoms with Crippen LogP contribution >= 0.6 is 0 Å². The molecule has 0 radical (unpaired) electrons. The van der Waals surface area contributed by atoms with Gasteiger partial charge in [0.25, 0.3) is 0 Å². The molecule has 1 aliphatic rings. The van der Waals surface area contributed by atoms with E-state index in [1.807, 2.05) is 0 Å². The van der Waals surface area contributed by atoms with Crippen LogP contribution in [0.1, 0.15) is 18.4 Å². The molecule has 0 aliphatic heterocycles. The van der Waals surface area contributed by atoms with Gasteiger partial charge in [0, 0.05) is 44.8 Å². The molecule has 0 unspecified atom stereocenters. The van der Waals surface area contributed by atoms with E-state index in [2.05, 4.69) is 143 Å². The Balaban J connectivity index is 1.14. The van der Waals surface area contributed by atoms with E-state index in [4.69, 9.17) is 0 Å². The Morgan fingerprint density at radius 1 is 0.550 bits per heavy atom. The minimum absolute atomic E-state index is 0.904. The Labute approximate surface area is 234 Å². The van der Waals surface area contributed by atoms with Crippen molar-refractivity contribution in [2.24, 2.45) is 0 Å². The van der Waals surface area contributed by atoms with Crippen LogP contribution in [0.15, 0.2) is 145 Å². The van der Waals surface area contributed by atoms with Gasteiger partial charge in [-0.3, -0.25) is 0 Å². The van der Waals surface area contributed by atoms with E-state index in [0.29, 0.717) is 0 Å². The number of para-hydroxylation sites is 4. The lowest BCUT2D eigenvalue weighted by Gasteiger charge is -2.16. The Bertz CT molecular complexity index is 2050. The molecule has 0 bridgehead atoms. The lowest BCUT2D eigenvalue weighted by Crippen LogP contribution is -2.04. The fourth-order valence-electron chi connectivity index (χ4n) is 6.69. The molecular formula is C38H30N2. The molecule has 0 N–H and O–H groups in total. The van der Waals surface area contributed by atoms with Gasteiger partial charge in [-0.05, 0) is 72.9 Å². The summed E-state index contributed by atoms with van der Waals surface area (Å²) in [5.74, 6) is 0. The monoisotopic (exact) mass is 514 g/mol. The van der Waals surface area contributed by atoms with Gasteiger partial charge in [0.1, 0.15) is 0 Å². The van der Waals surface area contributed by atoms with E-state index in [1.165, 1.54) is 66.0 Å². The van der Waals surface area contributed by atoms with Gasteiger partial charge in [-0.1, -0.05) is 96.6 Å². The molecule has 0 fully saturated rings. The summed E-state index contributed by atoms with van der Waals surface area (Å²) in [7, 11) is 0. The fourth-order valence-corrected chi connectivity index (χ4v) is 6.69. The molecule has 0 saturated heterocycles. The molecule has 2 aromatic heterocycles. The molecule has 40 heavy (non-hydrogen) atoms. The molecule has 5 aromatic carbocycles. The Kier molecular flexibility index (Phi) is 5.44. The fraction of sp³-hybridized carbons (Fsp3) is 0.105. The highest BCUT2D eigenvalue weighted by Gasteiger charge is 2.15. The number of hydrogen-bond acceptors (Lipinski definition) is 0. The van der Waals surface area contributed by atoms with Crippen molar-refractivity contribution < 1.29 is 0 Å². The SMILES string of the molecule is C1=C(Cn2c3ccccc3c3ccccc32)C=C(Cc2ccc3c(c2)c2ccccc2n3-c2ccccc2)CC1. The van der Waals surface area contributed by atoms with E-state index in [9.17, 15) is 0 Å². The van der Waals surface area contributed by atoms with Crippen LogP contribution < -0.4 is 0 Å². The first-order valence-electron chi connectivity index (χ1n) is 14.3. The molecule has 8 rings (SSSR count). The number of aromatic nitrogens is 2. The molecule has 2 heterocycles. The molecule has 0 spiro atoms. The van der Waals surface area contributed by atoms with Crippen LogP contribution in [0.25, 0.3) is 49.3 Å². The van der Waals surface area contributed by atoms with E-state index >= 15 is 0 Å². The summed E-state index contributed by atoms with van der Waals surface area (Å²) in [5, 5.41) is 5.31. The highest BCUT2D eigenvalue weighted by Crippen LogP contribution is 2.34. The molecule has 0 saturated carbocycles. The summed E-state index contributed by atoms with van der Waals surface area (Å²) in [4.78, 5) is 0. The first-order chi connectivity index (χ1) is 19.8. The first-order valence-corrected chi connectivity index (χ1v) is 14.3. The van der Waals surface area contributed by atoms with Crippen LogP contribution in [-0.4, -0.2) is 9.13 Å². The van der Waals surface area contributed by atoms with Gasteiger partial charge in [0.2, 0.25) is 0 Å². The first kappa shape index (κ1) is 23.1. The van der Waals surface area contributed by atoms with Crippen molar-refractivity contribution in [1.82, 2.24) is 9.13 Å². The van der Waals surface area contributed by atoms with E-state index in [0.717, 1.165) is 25.8 Å². The third kappa shape index (κ3) is 3.79. The van der Waals surface area contributed by atoms with Crippen LogP contribution in [0.2, 0.25) is 0 Å². The predicted molar refractivity (Wildman–Crippen MR) is 169 cm³/mol. The number of rotatable bonds is 5. The standard InChI is InChI=1S/C38H30N2/c1-2-13-30(14-3-1)40-37-20-9-6-17-33(37)34-25-28(21-22-38(34)40)23-27-11-10-12-29(24-27)26-39-35-18-7-4-15-31(35)32-16-5-8-19-36(32)39/h1-9,12-22,24-25H,10-11,23,26H2. The third-order valence-electron chi connectivity index (χ3n) is 8.46. The Morgan fingerprint density at radius 2 is 1.15 bits per heavy atom. The minimum Gasteiger partial charge on any atom is -0.336 e. The smallest absolute Gasteiger partial charge is 0.0541 e. The molecule has 0 atom stereocenters. The molecule has 0 amide bonds. The molecule has 1 aliphatic carbocycles. The summed E-state index contributed by atoms with van der Waals surface area (Å²) >= 11 is 0. The van der Waals surface area contributed by atoms with Crippen LogP contribution in [0.3, 0.4) is 0 Å². The average molecular weight is 515 g/mol. The van der Waals surface area contributed by atoms with Crippen molar-refractivity contribution in [3.63, 3.8) is 0 Å². The van der Waals surface area contributed by atoms with Crippen LogP contribution in [-0.2, 0) is 13.0 Å². The van der Waals surface area contributed by atoms with Crippen molar-refractivity contribution in [1.29, 1.82) is 0 Å². The normalized spacial score (nSPS) is 13.8. The predicted octanol–water partition coefficient (Wildman–Crippen LogP) is 9.78. The minimum atomic E-state index is 0.904. The van der Waals surface area contributed by atoms with Crippen molar-refractivity contribution in [3.8, 4) is 5.69 Å². The van der Waals surface area contributed by atoms with E-state index < -0.39 is 0 Å². The van der Waals surface area contributed by atoms with Crippen molar-refractivity contribution in [2.45, 2.75) is 25.8 Å². The summed E-state index contributed by atoms with van der Waals surface area (Å²) in [6, 6.07) is 44.1. The van der Waals surface area contributed by atoms with Gasteiger partial charge in [-0.25, -0.2) is 0 Å². The second-order valence-corrected chi connectivity index (χ2v) is 11.0. The van der Waals surface area contributed by atoms with Gasteiger partial charge >= 0.3 is 0 Å². The van der Waals surface area contributed by atoms with E-state index in [-0.39, 0.29) is 0 Å². The molecule has 7 aromatic rings. The summed E-state index contributed by atoms with van der Waals surface area (Å²) in [6.07, 6.45) is 8.12. The molecule has 2 heteroatoms. The summed E-state index contributed by atoms with van der Waals surface area (Å²) in [6.45, 7) is 0.904. The second-order valence-electron chi connectivity index (χ2n) is 11.0. The molecular weight excluding hydrogens is 484 g/mol. The van der Waals surface area contributed by atoms with Crippen molar-refractivity contribution in [3.05, 3.63) is 150 Å². The number of nitrogens with zero attached hydrogens (tertiary/aromatic N) is 2. The second kappa shape index (κ2) is 9.43. The molecule has 192 valence electrons. The number of fused-ring (bicyclic) bond motifs is 6. The van der Waals surface area contributed by atoms with Crippen LogP contribution in [0.4, 0.5) is 0 Å². The van der Waals surface area contributed by atoms with Gasteiger partial charge < -0.3 is 9.13 Å². The number of allylic oxidation sites excluding steroid dienone is 4. The lowest BCUT2D eigenvalue weighted by atomic mass is 9.93. The van der Waals surface area contributed by atoms with Gasteiger partial charge in [-0.15, -0.1) is 0 Å². The van der Waals surface area contributed by atoms with Gasteiger partial charge in [0.05, 0.1) is 11.0 Å². The topological polar surface area (TPSA) is 9.86 Å². The summed E-state index contributed by atoms with van der Waals surface area (Å²) in [5.41, 5.74) is 10.7. The highest BCUT2D eigenvalue weighted by molar-refractivity contribution is 6.10. The zero-order valence-electron chi connectivity index (χ0n) is 22.4. The lowest BCUT2D eigenvalue weighted by molar-refractivity contribution is 0.822. The quantitative estimate of drug-likeness (QED) is 0.216. The maximum absolute atomic E-state index is 2.49. The Morgan fingerprint density at radius 3 is 1.88 bits per heavy atom. The average Bonchev–Trinajstić information content (AvgIpc) is 3.51. The summed E-state index contributed by atoms with van der Waals surface area (Å²) < 4.78 is 4.88. The maximum Gasteiger partial charge on any atom is 0.0541 e. The number of benzene rings is 5.